The lowest BCUT2D eigenvalue weighted by molar-refractivity contribution is -0.142. The first-order chi connectivity index (χ1) is 16.5. The number of fused-ring (bicyclic) bond motifs is 1. The van der Waals surface area contributed by atoms with Crippen molar-refractivity contribution >= 4 is 11.8 Å². The molecule has 0 radical (unpaired) electrons. The molecule has 9 heteroatoms. The summed E-state index contributed by atoms with van der Waals surface area (Å²) in [6, 6.07) is 13.5. The van der Waals surface area contributed by atoms with Crippen LogP contribution in [0.2, 0.25) is 0 Å². The lowest BCUT2D eigenvalue weighted by Gasteiger charge is -2.37. The number of carbonyl (C=O) groups excluding carboxylic acids is 1. The molecule has 4 rings (SSSR count). The second kappa shape index (κ2) is 8.68. The molecule has 5 atom stereocenters. The van der Waals surface area contributed by atoms with E-state index in [1.807, 2.05) is 0 Å². The maximum absolute atomic E-state index is 13.1. The molecule has 0 heterocycles. The summed E-state index contributed by atoms with van der Waals surface area (Å²) in [5.41, 5.74) is 3.13. The van der Waals surface area contributed by atoms with Crippen LogP contribution >= 0.6 is 0 Å². The van der Waals surface area contributed by atoms with Crippen LogP contribution in [0.1, 0.15) is 30.9 Å². The normalized spacial score (nSPS) is 29.2. The molecule has 2 saturated carbocycles. The molecule has 184 valence electrons. The predicted molar refractivity (Wildman–Crippen MR) is 119 cm³/mol. The van der Waals surface area contributed by atoms with Crippen LogP contribution in [0.3, 0.4) is 0 Å². The van der Waals surface area contributed by atoms with Gasteiger partial charge < -0.3 is 15.6 Å². The fraction of sp³-hybridized carbons (Fsp3) is 0.423. The SMILES string of the molecule is CCC12C(CC(Cc3cccc(Oc4cccc(C(F)(F)F)c4)c3)C1(C#N)C(=O)CN)C2C(=O)O. The third kappa shape index (κ3) is 3.76. The number of hydrogen-bond donors (Lipinski definition) is 2. The number of ether oxygens (including phenoxy) is 1. The summed E-state index contributed by atoms with van der Waals surface area (Å²) in [4.78, 5) is 25.0. The van der Waals surface area contributed by atoms with Crippen LogP contribution in [-0.2, 0) is 22.2 Å². The van der Waals surface area contributed by atoms with Crippen LogP contribution in [0.25, 0.3) is 0 Å². The Hall–Kier alpha value is -3.38. The van der Waals surface area contributed by atoms with E-state index in [4.69, 9.17) is 10.5 Å². The quantitative estimate of drug-likeness (QED) is 0.553. The largest absolute Gasteiger partial charge is 0.481 e. The van der Waals surface area contributed by atoms with E-state index in [0.29, 0.717) is 25.0 Å². The molecule has 35 heavy (non-hydrogen) atoms. The summed E-state index contributed by atoms with van der Waals surface area (Å²) in [6.07, 6.45) is -3.40. The van der Waals surface area contributed by atoms with Gasteiger partial charge in [0.25, 0.3) is 0 Å². The van der Waals surface area contributed by atoms with Crippen LogP contribution in [0.15, 0.2) is 48.5 Å². The molecule has 0 amide bonds. The molecule has 5 unspecified atom stereocenters. The van der Waals surface area contributed by atoms with Crippen LogP contribution in [0.5, 0.6) is 11.5 Å². The average Bonchev–Trinajstić information content (AvgIpc) is 3.39. The Bertz CT molecular complexity index is 1210. The number of carboxylic acid groups (broad SMARTS) is 1. The van der Waals surface area contributed by atoms with Crippen LogP contribution in [0, 0.1) is 39.9 Å². The number of nitriles is 1. The molecule has 2 aromatic rings. The van der Waals surface area contributed by atoms with Gasteiger partial charge in [-0.2, -0.15) is 18.4 Å². The zero-order valence-corrected chi connectivity index (χ0v) is 19.0. The number of hydrogen-bond acceptors (Lipinski definition) is 5. The van der Waals surface area contributed by atoms with Gasteiger partial charge in [0.2, 0.25) is 0 Å². The lowest BCUT2D eigenvalue weighted by atomic mass is 9.61. The lowest BCUT2D eigenvalue weighted by Crippen LogP contribution is -2.48. The Morgan fingerprint density at radius 3 is 2.43 bits per heavy atom. The molecule has 0 spiro atoms. The van der Waals surface area contributed by atoms with E-state index in [1.54, 1.807) is 31.2 Å². The molecule has 0 saturated heterocycles. The number of nitrogens with zero attached hydrogens (tertiary/aromatic N) is 1. The Kier molecular flexibility index (Phi) is 6.14. The van der Waals surface area contributed by atoms with E-state index < -0.39 is 46.2 Å². The second-order valence-corrected chi connectivity index (χ2v) is 9.28. The highest BCUT2D eigenvalue weighted by molar-refractivity contribution is 5.94. The topological polar surface area (TPSA) is 113 Å². The van der Waals surface area contributed by atoms with Gasteiger partial charge in [-0.15, -0.1) is 0 Å². The van der Waals surface area contributed by atoms with Gasteiger partial charge in [0.1, 0.15) is 16.9 Å². The molecule has 2 aliphatic rings. The highest BCUT2D eigenvalue weighted by Crippen LogP contribution is 2.79. The third-order valence-corrected chi connectivity index (χ3v) is 7.83. The molecule has 2 fully saturated rings. The van der Waals surface area contributed by atoms with Crippen molar-refractivity contribution in [3.8, 4) is 17.6 Å². The summed E-state index contributed by atoms with van der Waals surface area (Å²) in [5.74, 6) is -2.59. The highest BCUT2D eigenvalue weighted by Gasteiger charge is 2.83. The van der Waals surface area contributed by atoms with E-state index in [9.17, 15) is 33.1 Å². The number of nitrogens with two attached hydrogens (primary N) is 1. The summed E-state index contributed by atoms with van der Waals surface area (Å²) >= 11 is 0. The van der Waals surface area contributed by atoms with Gasteiger partial charge in [-0.05, 0) is 67.0 Å². The zero-order chi connectivity index (χ0) is 25.6. The molecule has 2 aliphatic carbocycles. The van der Waals surface area contributed by atoms with Crippen molar-refractivity contribution in [1.82, 2.24) is 0 Å². The number of Topliss-reactive ketones (excluding diaryl/α,β-unsaturated/α-hetero) is 1. The molecule has 0 bridgehead atoms. The first-order valence-corrected chi connectivity index (χ1v) is 11.4. The van der Waals surface area contributed by atoms with Crippen molar-refractivity contribution in [1.29, 1.82) is 5.26 Å². The summed E-state index contributed by atoms with van der Waals surface area (Å²) in [7, 11) is 0. The Balaban J connectivity index is 1.62. The molecular weight excluding hydrogens is 461 g/mol. The first kappa shape index (κ1) is 24.7. The summed E-state index contributed by atoms with van der Waals surface area (Å²) < 4.78 is 44.7. The fourth-order valence-corrected chi connectivity index (χ4v) is 6.45. The molecule has 0 aromatic heterocycles. The van der Waals surface area contributed by atoms with Gasteiger partial charge in [-0.25, -0.2) is 0 Å². The maximum atomic E-state index is 13.1. The first-order valence-electron chi connectivity index (χ1n) is 11.4. The van der Waals surface area contributed by atoms with Crippen LogP contribution < -0.4 is 10.5 Å². The number of alkyl halides is 3. The smallest absolute Gasteiger partial charge is 0.416 e. The number of rotatable bonds is 8. The van der Waals surface area contributed by atoms with Crippen LogP contribution in [-0.4, -0.2) is 23.4 Å². The summed E-state index contributed by atoms with van der Waals surface area (Å²) in [6.45, 7) is 1.45. The Labute approximate surface area is 200 Å². The minimum absolute atomic E-state index is 0.0259. The fourth-order valence-electron chi connectivity index (χ4n) is 6.45. The Morgan fingerprint density at radius 1 is 1.20 bits per heavy atom. The number of benzene rings is 2. The van der Waals surface area contributed by atoms with Crippen molar-refractivity contribution < 1.29 is 32.6 Å². The second-order valence-electron chi connectivity index (χ2n) is 9.28. The third-order valence-electron chi connectivity index (χ3n) is 7.83. The highest BCUT2D eigenvalue weighted by atomic mass is 19.4. The number of halogens is 3. The van der Waals surface area contributed by atoms with Gasteiger partial charge in [0.15, 0.2) is 5.78 Å². The molecule has 6 nitrogen and oxygen atoms in total. The van der Waals surface area contributed by atoms with Gasteiger partial charge in [0.05, 0.1) is 24.1 Å². The molecular formula is C26H25F3N2O4. The van der Waals surface area contributed by atoms with Crippen molar-refractivity contribution in [2.45, 2.75) is 32.4 Å². The summed E-state index contributed by atoms with van der Waals surface area (Å²) in [5, 5.41) is 20.0. The van der Waals surface area contributed by atoms with Gasteiger partial charge in [-0.3, -0.25) is 9.59 Å². The van der Waals surface area contributed by atoms with E-state index >= 15 is 0 Å². The van der Waals surface area contributed by atoms with E-state index in [0.717, 1.165) is 17.7 Å². The van der Waals surface area contributed by atoms with E-state index in [2.05, 4.69) is 6.07 Å². The van der Waals surface area contributed by atoms with Gasteiger partial charge in [0, 0.05) is 5.41 Å². The predicted octanol–water partition coefficient (Wildman–Crippen LogP) is 4.82. The number of carbonyl (C=O) groups is 2. The number of ketones is 1. The van der Waals surface area contributed by atoms with Crippen molar-refractivity contribution in [3.05, 3.63) is 59.7 Å². The maximum Gasteiger partial charge on any atom is 0.416 e. The minimum atomic E-state index is -4.50. The van der Waals surface area contributed by atoms with Crippen LogP contribution in [0.4, 0.5) is 13.2 Å². The molecule has 2 aromatic carbocycles. The van der Waals surface area contributed by atoms with E-state index in [1.165, 1.54) is 12.1 Å². The molecule has 3 N–H and O–H groups in total. The van der Waals surface area contributed by atoms with Crippen molar-refractivity contribution in [2.75, 3.05) is 6.54 Å². The minimum Gasteiger partial charge on any atom is -0.481 e. The number of carboxylic acids is 1. The van der Waals surface area contributed by atoms with E-state index in [-0.39, 0.29) is 18.2 Å². The zero-order valence-electron chi connectivity index (χ0n) is 19.0. The monoisotopic (exact) mass is 486 g/mol. The Morgan fingerprint density at radius 2 is 1.86 bits per heavy atom. The van der Waals surface area contributed by atoms with Gasteiger partial charge >= 0.3 is 12.1 Å². The standard InChI is InChI=1S/C26H25F3N2O4/c1-2-24-20(22(24)23(33)34)12-17(25(24,14-31)21(32)13-30)9-15-5-3-7-18(10-15)35-19-8-4-6-16(11-19)26(27,28)29/h3-8,10-11,17,20,22H,2,9,12-13,30H2,1H3,(H,33,34). The molecule has 0 aliphatic heterocycles. The number of aliphatic carboxylic acids is 1. The average molecular weight is 486 g/mol. The van der Waals surface area contributed by atoms with Crippen molar-refractivity contribution in [3.63, 3.8) is 0 Å². The van der Waals surface area contributed by atoms with Crippen molar-refractivity contribution in [2.24, 2.45) is 34.3 Å². The van der Waals surface area contributed by atoms with Gasteiger partial charge in [-0.1, -0.05) is 25.1 Å².